The fraction of sp³-hybridized carbons (Fsp3) is 0.391. The highest BCUT2D eigenvalue weighted by Gasteiger charge is 2.22. The summed E-state index contributed by atoms with van der Waals surface area (Å²) in [7, 11) is 1.73. The third-order valence-electron chi connectivity index (χ3n) is 5.56. The van der Waals surface area contributed by atoms with Crippen LogP contribution in [-0.2, 0) is 13.1 Å². The lowest BCUT2D eigenvalue weighted by molar-refractivity contribution is 0.413. The van der Waals surface area contributed by atoms with E-state index in [0.717, 1.165) is 56.5 Å². The maximum atomic E-state index is 5.54. The number of hydrogen-bond donors (Lipinski definition) is 1. The van der Waals surface area contributed by atoms with E-state index in [4.69, 9.17) is 9.72 Å². The summed E-state index contributed by atoms with van der Waals surface area (Å²) in [5.74, 6) is 2.01. The van der Waals surface area contributed by atoms with Crippen LogP contribution < -0.4 is 19.9 Å². The van der Waals surface area contributed by atoms with Gasteiger partial charge in [-0.25, -0.2) is 9.97 Å². The SMILES string of the molecule is COc1ccccc1N1CCN(c2ncccc2CN[C@H](C)Cn2ccnc2)CC1. The van der Waals surface area contributed by atoms with Crippen LogP contribution in [0, 0.1) is 0 Å². The Labute approximate surface area is 178 Å². The van der Waals surface area contributed by atoms with Crippen molar-refractivity contribution in [2.45, 2.75) is 26.1 Å². The zero-order valence-electron chi connectivity index (χ0n) is 17.7. The van der Waals surface area contributed by atoms with Gasteiger partial charge in [0.05, 0.1) is 19.1 Å². The van der Waals surface area contributed by atoms with Crippen LogP contribution in [0.25, 0.3) is 0 Å². The molecule has 1 fully saturated rings. The van der Waals surface area contributed by atoms with Crippen LogP contribution in [-0.4, -0.2) is 53.9 Å². The summed E-state index contributed by atoms with van der Waals surface area (Å²) in [4.78, 5) is 13.6. The first-order valence-corrected chi connectivity index (χ1v) is 10.5. The van der Waals surface area contributed by atoms with Crippen molar-refractivity contribution in [1.29, 1.82) is 0 Å². The fourth-order valence-corrected chi connectivity index (χ4v) is 3.96. The summed E-state index contributed by atoms with van der Waals surface area (Å²) in [6.07, 6.45) is 7.56. The number of para-hydroxylation sites is 2. The van der Waals surface area contributed by atoms with Crippen molar-refractivity contribution in [1.82, 2.24) is 19.9 Å². The predicted octanol–water partition coefficient (Wildman–Crippen LogP) is 2.79. The van der Waals surface area contributed by atoms with Gasteiger partial charge in [-0.2, -0.15) is 0 Å². The minimum Gasteiger partial charge on any atom is -0.495 e. The average molecular weight is 407 g/mol. The first-order chi connectivity index (χ1) is 14.7. The van der Waals surface area contributed by atoms with Crippen LogP contribution in [0.2, 0.25) is 0 Å². The number of rotatable bonds is 8. The van der Waals surface area contributed by atoms with E-state index < -0.39 is 0 Å². The van der Waals surface area contributed by atoms with Gasteiger partial charge in [-0.15, -0.1) is 0 Å². The van der Waals surface area contributed by atoms with Gasteiger partial charge < -0.3 is 24.4 Å². The molecule has 0 aliphatic carbocycles. The number of nitrogens with one attached hydrogen (secondary N) is 1. The summed E-state index contributed by atoms with van der Waals surface area (Å²) in [6, 6.07) is 12.8. The quantitative estimate of drug-likeness (QED) is 0.621. The highest BCUT2D eigenvalue weighted by molar-refractivity contribution is 5.60. The summed E-state index contributed by atoms with van der Waals surface area (Å²) < 4.78 is 7.64. The van der Waals surface area contributed by atoms with Crippen molar-refractivity contribution in [2.24, 2.45) is 0 Å². The lowest BCUT2D eigenvalue weighted by Gasteiger charge is -2.38. The summed E-state index contributed by atoms with van der Waals surface area (Å²) >= 11 is 0. The molecule has 0 saturated carbocycles. The molecular formula is C23H30N6O. The lowest BCUT2D eigenvalue weighted by atomic mass is 10.2. The molecule has 1 N–H and O–H groups in total. The van der Waals surface area contributed by atoms with Gasteiger partial charge in [0.2, 0.25) is 0 Å². The van der Waals surface area contributed by atoms with Crippen molar-refractivity contribution in [2.75, 3.05) is 43.1 Å². The number of benzene rings is 1. The van der Waals surface area contributed by atoms with Gasteiger partial charge in [0, 0.05) is 69.5 Å². The largest absolute Gasteiger partial charge is 0.495 e. The van der Waals surface area contributed by atoms with E-state index in [1.54, 1.807) is 7.11 Å². The van der Waals surface area contributed by atoms with Crippen molar-refractivity contribution in [3.05, 3.63) is 66.9 Å². The van der Waals surface area contributed by atoms with Gasteiger partial charge in [0.1, 0.15) is 11.6 Å². The number of anilines is 2. The molecule has 1 atom stereocenters. The zero-order valence-corrected chi connectivity index (χ0v) is 17.7. The van der Waals surface area contributed by atoms with Crippen molar-refractivity contribution >= 4 is 11.5 Å². The molecule has 2 aromatic heterocycles. The molecule has 0 spiro atoms. The number of pyridine rings is 1. The minimum absolute atomic E-state index is 0.342. The maximum absolute atomic E-state index is 5.54. The zero-order chi connectivity index (χ0) is 20.8. The van der Waals surface area contributed by atoms with E-state index in [2.05, 4.69) is 49.8 Å². The van der Waals surface area contributed by atoms with Crippen LogP contribution in [0.1, 0.15) is 12.5 Å². The molecule has 3 aromatic rings. The highest BCUT2D eigenvalue weighted by Crippen LogP contribution is 2.29. The van der Waals surface area contributed by atoms with Gasteiger partial charge >= 0.3 is 0 Å². The topological polar surface area (TPSA) is 58.5 Å². The fourth-order valence-electron chi connectivity index (χ4n) is 3.96. The van der Waals surface area contributed by atoms with Gasteiger partial charge in [-0.1, -0.05) is 18.2 Å². The van der Waals surface area contributed by atoms with Crippen LogP contribution in [0.15, 0.2) is 61.3 Å². The Hall–Kier alpha value is -3.06. The molecular weight excluding hydrogens is 376 g/mol. The van der Waals surface area contributed by atoms with Crippen LogP contribution in [0.5, 0.6) is 5.75 Å². The Balaban J connectivity index is 1.37. The first-order valence-electron chi connectivity index (χ1n) is 10.5. The molecule has 30 heavy (non-hydrogen) atoms. The Morgan fingerprint density at radius 1 is 1.03 bits per heavy atom. The molecule has 7 heteroatoms. The first kappa shape index (κ1) is 20.2. The Morgan fingerprint density at radius 3 is 2.60 bits per heavy atom. The third kappa shape index (κ3) is 4.74. The van der Waals surface area contributed by atoms with E-state index in [-0.39, 0.29) is 0 Å². The predicted molar refractivity (Wildman–Crippen MR) is 120 cm³/mol. The number of hydrogen-bond acceptors (Lipinski definition) is 6. The summed E-state index contributed by atoms with van der Waals surface area (Å²) in [5, 5.41) is 3.62. The van der Waals surface area contributed by atoms with Crippen LogP contribution in [0.4, 0.5) is 11.5 Å². The number of nitrogens with zero attached hydrogens (tertiary/aromatic N) is 5. The summed E-state index contributed by atoms with van der Waals surface area (Å²) in [5.41, 5.74) is 2.40. The number of piperazine rings is 1. The normalized spacial score (nSPS) is 15.3. The van der Waals surface area contributed by atoms with E-state index in [0.29, 0.717) is 6.04 Å². The van der Waals surface area contributed by atoms with E-state index >= 15 is 0 Å². The number of ether oxygens (including phenoxy) is 1. The lowest BCUT2D eigenvalue weighted by Crippen LogP contribution is -2.47. The molecule has 0 bridgehead atoms. The molecule has 1 aromatic carbocycles. The van der Waals surface area contributed by atoms with Gasteiger partial charge in [-0.05, 0) is 25.1 Å². The molecule has 1 aliphatic heterocycles. The molecule has 1 saturated heterocycles. The molecule has 158 valence electrons. The van der Waals surface area contributed by atoms with Crippen LogP contribution in [0.3, 0.4) is 0 Å². The smallest absolute Gasteiger partial charge is 0.142 e. The third-order valence-corrected chi connectivity index (χ3v) is 5.56. The number of imidazole rings is 1. The highest BCUT2D eigenvalue weighted by atomic mass is 16.5. The molecule has 0 radical (unpaired) electrons. The van der Waals surface area contributed by atoms with E-state index in [9.17, 15) is 0 Å². The Morgan fingerprint density at radius 2 is 1.83 bits per heavy atom. The van der Waals surface area contributed by atoms with Crippen LogP contribution >= 0.6 is 0 Å². The van der Waals surface area contributed by atoms with Gasteiger partial charge in [-0.3, -0.25) is 0 Å². The maximum Gasteiger partial charge on any atom is 0.142 e. The molecule has 4 rings (SSSR count). The molecule has 0 unspecified atom stereocenters. The number of methoxy groups -OCH3 is 1. The van der Waals surface area contributed by atoms with E-state index in [1.165, 1.54) is 5.56 Å². The monoisotopic (exact) mass is 406 g/mol. The average Bonchev–Trinajstić information content (AvgIpc) is 3.31. The Kier molecular flexibility index (Phi) is 6.49. The standard InChI is InChI=1S/C23H30N6O/c1-19(17-27-11-10-24-18-27)26-16-20-6-5-9-25-23(20)29-14-12-28(13-15-29)21-7-3-4-8-22(21)30-2/h3-11,18-19,26H,12-17H2,1-2H3/t19-/m1/s1. The summed E-state index contributed by atoms with van der Waals surface area (Å²) in [6.45, 7) is 7.65. The molecule has 7 nitrogen and oxygen atoms in total. The van der Waals surface area contributed by atoms with Crippen molar-refractivity contribution in [3.8, 4) is 5.75 Å². The van der Waals surface area contributed by atoms with Gasteiger partial charge in [0.15, 0.2) is 0 Å². The van der Waals surface area contributed by atoms with Crippen molar-refractivity contribution < 1.29 is 4.74 Å². The molecule has 3 heterocycles. The Bertz CT molecular complexity index is 921. The second-order valence-electron chi connectivity index (χ2n) is 7.67. The second kappa shape index (κ2) is 9.63. The minimum atomic E-state index is 0.342. The van der Waals surface area contributed by atoms with Gasteiger partial charge in [0.25, 0.3) is 0 Å². The number of aromatic nitrogens is 3. The molecule has 0 amide bonds. The van der Waals surface area contributed by atoms with E-state index in [1.807, 2.05) is 43.1 Å². The second-order valence-corrected chi connectivity index (χ2v) is 7.67. The molecule has 1 aliphatic rings. The van der Waals surface area contributed by atoms with Crippen molar-refractivity contribution in [3.63, 3.8) is 0 Å².